The van der Waals surface area contributed by atoms with Gasteiger partial charge in [0.05, 0.1) is 0 Å². The Kier molecular flexibility index (Phi) is 5.59. The van der Waals surface area contributed by atoms with Crippen LogP contribution in [0, 0.1) is 0 Å². The van der Waals surface area contributed by atoms with Crippen molar-refractivity contribution in [2.24, 2.45) is 0 Å². The molecule has 0 atom stereocenters. The number of nitrogens with one attached hydrogen (secondary N) is 1. The van der Waals surface area contributed by atoms with Gasteiger partial charge in [-0.15, -0.1) is 0 Å². The van der Waals surface area contributed by atoms with E-state index in [0.29, 0.717) is 0 Å². The van der Waals surface area contributed by atoms with Crippen LogP contribution in [0.25, 0.3) is 0 Å². The van der Waals surface area contributed by atoms with E-state index in [0.717, 1.165) is 0 Å². The molecule has 94 valence electrons. The van der Waals surface area contributed by atoms with E-state index in [4.69, 9.17) is 0 Å². The Morgan fingerprint density at radius 3 is 1.75 bits per heavy atom. The van der Waals surface area contributed by atoms with Gasteiger partial charge >= 0.3 is 0 Å². The minimum Gasteiger partial charge on any atom is -0.314 e. The first-order chi connectivity index (χ1) is 7.95. The van der Waals surface area contributed by atoms with E-state index in [1.54, 1.807) is 0 Å². The van der Waals surface area contributed by atoms with Crippen LogP contribution in [0.15, 0.2) is 0 Å². The van der Waals surface area contributed by atoms with Crippen LogP contribution < -0.4 is 5.32 Å². The zero-order chi connectivity index (χ0) is 11.1. The van der Waals surface area contributed by atoms with E-state index in [1.807, 2.05) is 0 Å². The molecule has 0 aromatic carbocycles. The number of rotatable bonds is 3. The molecule has 0 saturated carbocycles. The summed E-state index contributed by atoms with van der Waals surface area (Å²) in [6.45, 7) is 10.1. The molecule has 16 heavy (non-hydrogen) atoms. The van der Waals surface area contributed by atoms with Crippen LogP contribution in [0.4, 0.5) is 0 Å². The molecular formula is C13H27N3. The second-order valence-corrected chi connectivity index (χ2v) is 5.20. The lowest BCUT2D eigenvalue weighted by atomic mass is 10.1. The third-order valence-electron chi connectivity index (χ3n) is 3.89. The lowest BCUT2D eigenvalue weighted by Crippen LogP contribution is -2.46. The summed E-state index contributed by atoms with van der Waals surface area (Å²) in [5.74, 6) is 0. The quantitative estimate of drug-likeness (QED) is 0.777. The Morgan fingerprint density at radius 1 is 0.625 bits per heavy atom. The summed E-state index contributed by atoms with van der Waals surface area (Å²) >= 11 is 0. The normalized spacial score (nSPS) is 26.2. The highest BCUT2D eigenvalue weighted by Crippen LogP contribution is 2.10. The molecule has 3 heteroatoms. The predicted octanol–water partition coefficient (Wildman–Crippen LogP) is 1.16. The van der Waals surface area contributed by atoms with Crippen molar-refractivity contribution >= 4 is 0 Å². The highest BCUT2D eigenvalue weighted by Gasteiger charge is 2.12. The van der Waals surface area contributed by atoms with Crippen molar-refractivity contribution in [2.45, 2.75) is 32.1 Å². The molecule has 2 aliphatic heterocycles. The maximum Gasteiger partial charge on any atom is 0.0110 e. The highest BCUT2D eigenvalue weighted by molar-refractivity contribution is 4.70. The fourth-order valence-electron chi connectivity index (χ4n) is 2.75. The third kappa shape index (κ3) is 4.40. The zero-order valence-electron chi connectivity index (χ0n) is 10.6. The summed E-state index contributed by atoms with van der Waals surface area (Å²) in [4.78, 5) is 5.29. The molecule has 0 aromatic heterocycles. The molecule has 1 N–H and O–H groups in total. The fourth-order valence-corrected chi connectivity index (χ4v) is 2.75. The number of hydrogen-bond acceptors (Lipinski definition) is 3. The monoisotopic (exact) mass is 225 g/mol. The number of nitrogens with zero attached hydrogens (tertiary/aromatic N) is 2. The van der Waals surface area contributed by atoms with E-state index < -0.39 is 0 Å². The number of likely N-dealkylation sites (tertiary alicyclic amines) is 1. The summed E-state index contributed by atoms with van der Waals surface area (Å²) in [7, 11) is 0. The van der Waals surface area contributed by atoms with Gasteiger partial charge in [0.15, 0.2) is 0 Å². The lowest BCUT2D eigenvalue weighted by Gasteiger charge is -2.31. The molecule has 0 aromatic rings. The van der Waals surface area contributed by atoms with Crippen molar-refractivity contribution in [3.63, 3.8) is 0 Å². The number of piperazine rings is 1. The Balaban J connectivity index is 1.62. The van der Waals surface area contributed by atoms with E-state index in [1.165, 1.54) is 84.5 Å². The SMILES string of the molecule is C1CCCN(CCN2CCNCC2)CCC1. The van der Waals surface area contributed by atoms with Gasteiger partial charge in [0.2, 0.25) is 0 Å². The van der Waals surface area contributed by atoms with Gasteiger partial charge in [-0.1, -0.05) is 19.3 Å². The van der Waals surface area contributed by atoms with Crippen LogP contribution in [-0.2, 0) is 0 Å². The van der Waals surface area contributed by atoms with Crippen molar-refractivity contribution in [2.75, 3.05) is 52.4 Å². The van der Waals surface area contributed by atoms with Crippen molar-refractivity contribution in [1.82, 2.24) is 15.1 Å². The summed E-state index contributed by atoms with van der Waals surface area (Å²) < 4.78 is 0. The first-order valence-corrected chi connectivity index (χ1v) is 7.10. The minimum atomic E-state index is 1.18. The van der Waals surface area contributed by atoms with Crippen LogP contribution in [0.3, 0.4) is 0 Å². The van der Waals surface area contributed by atoms with Gasteiger partial charge < -0.3 is 10.2 Å². The Bertz CT molecular complexity index is 170. The van der Waals surface area contributed by atoms with Gasteiger partial charge in [-0.2, -0.15) is 0 Å². The molecule has 2 fully saturated rings. The topological polar surface area (TPSA) is 18.5 Å². The zero-order valence-corrected chi connectivity index (χ0v) is 10.6. The van der Waals surface area contributed by atoms with Crippen LogP contribution >= 0.6 is 0 Å². The van der Waals surface area contributed by atoms with Gasteiger partial charge in [0, 0.05) is 39.3 Å². The molecule has 2 saturated heterocycles. The van der Waals surface area contributed by atoms with Gasteiger partial charge in [-0.05, 0) is 25.9 Å². The molecule has 2 rings (SSSR count). The van der Waals surface area contributed by atoms with E-state index in [2.05, 4.69) is 15.1 Å². The van der Waals surface area contributed by atoms with E-state index in [9.17, 15) is 0 Å². The maximum atomic E-state index is 3.42. The van der Waals surface area contributed by atoms with Crippen LogP contribution in [-0.4, -0.2) is 62.2 Å². The van der Waals surface area contributed by atoms with Crippen molar-refractivity contribution < 1.29 is 0 Å². The Labute approximate surface area is 100 Å². The second-order valence-electron chi connectivity index (χ2n) is 5.20. The first kappa shape index (κ1) is 12.3. The number of hydrogen-bond donors (Lipinski definition) is 1. The Morgan fingerprint density at radius 2 is 1.12 bits per heavy atom. The summed E-state index contributed by atoms with van der Waals surface area (Å²) in [5, 5.41) is 3.42. The average Bonchev–Trinajstić information content (AvgIpc) is 2.29. The third-order valence-corrected chi connectivity index (χ3v) is 3.89. The van der Waals surface area contributed by atoms with Crippen LogP contribution in [0.2, 0.25) is 0 Å². The van der Waals surface area contributed by atoms with Gasteiger partial charge in [-0.3, -0.25) is 4.90 Å². The second kappa shape index (κ2) is 7.25. The summed E-state index contributed by atoms with van der Waals surface area (Å²) in [5.41, 5.74) is 0. The molecule has 0 amide bonds. The van der Waals surface area contributed by atoms with E-state index in [-0.39, 0.29) is 0 Å². The molecular weight excluding hydrogens is 198 g/mol. The van der Waals surface area contributed by atoms with Crippen molar-refractivity contribution in [1.29, 1.82) is 0 Å². The highest BCUT2D eigenvalue weighted by atomic mass is 15.2. The van der Waals surface area contributed by atoms with Gasteiger partial charge in [0.25, 0.3) is 0 Å². The average molecular weight is 225 g/mol. The van der Waals surface area contributed by atoms with Crippen molar-refractivity contribution in [3.05, 3.63) is 0 Å². The summed E-state index contributed by atoms with van der Waals surface area (Å²) in [6.07, 6.45) is 7.20. The standard InChI is InChI=1S/C13H27N3/c1-2-4-8-15(9-5-3-1)12-13-16-10-6-14-7-11-16/h14H,1-13H2. The largest absolute Gasteiger partial charge is 0.314 e. The Hall–Kier alpha value is -0.120. The molecule has 3 nitrogen and oxygen atoms in total. The molecule has 0 radical (unpaired) electrons. The van der Waals surface area contributed by atoms with Crippen molar-refractivity contribution in [3.8, 4) is 0 Å². The summed E-state index contributed by atoms with van der Waals surface area (Å²) in [6, 6.07) is 0. The molecule has 2 heterocycles. The fraction of sp³-hybridized carbons (Fsp3) is 1.00. The molecule has 2 aliphatic rings. The molecule has 0 aliphatic carbocycles. The van der Waals surface area contributed by atoms with E-state index >= 15 is 0 Å². The molecule has 0 unspecified atom stereocenters. The van der Waals surface area contributed by atoms with Gasteiger partial charge in [0.1, 0.15) is 0 Å². The lowest BCUT2D eigenvalue weighted by molar-refractivity contribution is 0.180. The van der Waals surface area contributed by atoms with Gasteiger partial charge in [-0.25, -0.2) is 0 Å². The molecule has 0 spiro atoms. The molecule has 0 bridgehead atoms. The first-order valence-electron chi connectivity index (χ1n) is 7.10. The van der Waals surface area contributed by atoms with Crippen LogP contribution in [0.1, 0.15) is 32.1 Å². The predicted molar refractivity (Wildman–Crippen MR) is 68.8 cm³/mol. The minimum absolute atomic E-state index is 1.18. The van der Waals surface area contributed by atoms with Crippen LogP contribution in [0.5, 0.6) is 0 Å². The smallest absolute Gasteiger partial charge is 0.0110 e. The maximum absolute atomic E-state index is 3.42.